The van der Waals surface area contributed by atoms with Gasteiger partial charge in [0, 0.05) is 29.7 Å². The zero-order valence-electron chi connectivity index (χ0n) is 7.63. The van der Waals surface area contributed by atoms with Gasteiger partial charge in [-0.05, 0) is 23.6 Å². The summed E-state index contributed by atoms with van der Waals surface area (Å²) in [5, 5.41) is 10.8. The Labute approximate surface area is 90.3 Å². The lowest BCUT2D eigenvalue weighted by molar-refractivity contribution is 0.299. The van der Waals surface area contributed by atoms with E-state index in [0.717, 1.165) is 21.9 Å². The maximum Gasteiger partial charge on any atom is 0.137 e. The normalized spacial score (nSPS) is 11.0. The standard InChI is InChI=1S/C10H11BrN2O/c11-4-8-6-13-10-9(8)3-7(1-2-14)5-12-10/h3,5-6,14H,1-2,4H2,(H,12,13). The number of alkyl halides is 1. The third-order valence-corrected chi connectivity index (χ3v) is 2.82. The van der Waals surface area contributed by atoms with Crippen LogP contribution in [0.2, 0.25) is 0 Å². The monoisotopic (exact) mass is 254 g/mol. The Kier molecular flexibility index (Phi) is 2.84. The number of aliphatic hydroxyl groups excluding tert-OH is 1. The molecular formula is C10H11BrN2O. The molecule has 2 heterocycles. The van der Waals surface area contributed by atoms with E-state index < -0.39 is 0 Å². The van der Waals surface area contributed by atoms with Gasteiger partial charge in [0.15, 0.2) is 0 Å². The van der Waals surface area contributed by atoms with Gasteiger partial charge in [-0.2, -0.15) is 0 Å². The van der Waals surface area contributed by atoms with E-state index in [4.69, 9.17) is 5.11 Å². The summed E-state index contributed by atoms with van der Waals surface area (Å²) in [6, 6.07) is 2.08. The molecule has 0 unspecified atom stereocenters. The van der Waals surface area contributed by atoms with Crippen molar-refractivity contribution in [1.29, 1.82) is 0 Å². The van der Waals surface area contributed by atoms with Crippen molar-refractivity contribution >= 4 is 27.0 Å². The zero-order chi connectivity index (χ0) is 9.97. The number of fused-ring (bicyclic) bond motifs is 1. The largest absolute Gasteiger partial charge is 0.396 e. The molecule has 0 atom stereocenters. The minimum absolute atomic E-state index is 0.168. The second-order valence-electron chi connectivity index (χ2n) is 3.16. The van der Waals surface area contributed by atoms with E-state index in [0.29, 0.717) is 6.42 Å². The van der Waals surface area contributed by atoms with E-state index in [-0.39, 0.29) is 6.61 Å². The maximum absolute atomic E-state index is 8.82. The molecule has 2 N–H and O–H groups in total. The van der Waals surface area contributed by atoms with Crippen molar-refractivity contribution in [2.45, 2.75) is 11.8 Å². The number of hydrogen-bond acceptors (Lipinski definition) is 2. The first-order valence-electron chi connectivity index (χ1n) is 4.47. The predicted octanol–water partition coefficient (Wildman–Crippen LogP) is 1.99. The number of nitrogens with zero attached hydrogens (tertiary/aromatic N) is 1. The molecule has 0 fully saturated rings. The Balaban J connectivity index is 2.50. The van der Waals surface area contributed by atoms with E-state index in [1.54, 1.807) is 6.20 Å². The van der Waals surface area contributed by atoms with Crippen LogP contribution in [0.1, 0.15) is 11.1 Å². The van der Waals surface area contributed by atoms with Gasteiger partial charge in [-0.3, -0.25) is 0 Å². The van der Waals surface area contributed by atoms with Crippen molar-refractivity contribution in [3.8, 4) is 0 Å². The molecule has 0 aromatic carbocycles. The second kappa shape index (κ2) is 4.11. The number of aromatic nitrogens is 2. The Morgan fingerprint density at radius 2 is 2.36 bits per heavy atom. The molecule has 74 valence electrons. The molecule has 0 radical (unpaired) electrons. The number of halogens is 1. The van der Waals surface area contributed by atoms with Crippen LogP contribution in [0.4, 0.5) is 0 Å². The number of H-pyrrole nitrogens is 1. The van der Waals surface area contributed by atoms with Crippen LogP contribution >= 0.6 is 15.9 Å². The molecule has 2 aromatic rings. The summed E-state index contributed by atoms with van der Waals surface area (Å²) in [5.41, 5.74) is 3.18. The topological polar surface area (TPSA) is 48.9 Å². The first-order chi connectivity index (χ1) is 6.85. The molecule has 0 bridgehead atoms. The first kappa shape index (κ1) is 9.68. The first-order valence-corrected chi connectivity index (χ1v) is 5.59. The fraction of sp³-hybridized carbons (Fsp3) is 0.300. The van der Waals surface area contributed by atoms with Crippen molar-refractivity contribution < 1.29 is 5.11 Å². The van der Waals surface area contributed by atoms with E-state index >= 15 is 0 Å². The number of aliphatic hydroxyl groups is 1. The summed E-state index contributed by atoms with van der Waals surface area (Å²) in [7, 11) is 0. The molecule has 2 aromatic heterocycles. The molecule has 0 amide bonds. The molecule has 4 heteroatoms. The minimum Gasteiger partial charge on any atom is -0.396 e. The van der Waals surface area contributed by atoms with Gasteiger partial charge in [-0.25, -0.2) is 4.98 Å². The van der Waals surface area contributed by atoms with Crippen LogP contribution < -0.4 is 0 Å². The molecule has 0 aliphatic heterocycles. The highest BCUT2D eigenvalue weighted by molar-refractivity contribution is 9.08. The van der Waals surface area contributed by atoms with Crippen molar-refractivity contribution in [2.75, 3.05) is 6.61 Å². The van der Waals surface area contributed by atoms with Gasteiger partial charge in [-0.1, -0.05) is 15.9 Å². The Hall–Kier alpha value is -0.870. The summed E-state index contributed by atoms with van der Waals surface area (Å²) < 4.78 is 0. The fourth-order valence-electron chi connectivity index (χ4n) is 1.48. The van der Waals surface area contributed by atoms with E-state index in [9.17, 15) is 0 Å². The lowest BCUT2D eigenvalue weighted by atomic mass is 10.1. The van der Waals surface area contributed by atoms with Gasteiger partial charge in [0.1, 0.15) is 5.65 Å². The average Bonchev–Trinajstić information content (AvgIpc) is 2.60. The molecular weight excluding hydrogens is 244 g/mol. The van der Waals surface area contributed by atoms with Crippen LogP contribution in [0.25, 0.3) is 11.0 Å². The van der Waals surface area contributed by atoms with E-state index in [1.807, 2.05) is 6.20 Å². The van der Waals surface area contributed by atoms with Gasteiger partial charge in [0.2, 0.25) is 0 Å². The van der Waals surface area contributed by atoms with Crippen LogP contribution in [-0.2, 0) is 11.8 Å². The number of pyridine rings is 1. The molecule has 0 spiro atoms. The SMILES string of the molecule is OCCc1cnc2[nH]cc(CBr)c2c1. The maximum atomic E-state index is 8.82. The highest BCUT2D eigenvalue weighted by Gasteiger charge is 2.04. The van der Waals surface area contributed by atoms with Crippen LogP contribution in [0.5, 0.6) is 0 Å². The van der Waals surface area contributed by atoms with Gasteiger partial charge >= 0.3 is 0 Å². The third kappa shape index (κ3) is 1.67. The summed E-state index contributed by atoms with van der Waals surface area (Å²) >= 11 is 3.42. The van der Waals surface area contributed by atoms with Gasteiger partial charge in [-0.15, -0.1) is 0 Å². The Morgan fingerprint density at radius 3 is 3.07 bits per heavy atom. The highest BCUT2D eigenvalue weighted by Crippen LogP contribution is 2.19. The second-order valence-corrected chi connectivity index (χ2v) is 3.72. The minimum atomic E-state index is 0.168. The van der Waals surface area contributed by atoms with Crippen LogP contribution in [0.3, 0.4) is 0 Å². The summed E-state index contributed by atoms with van der Waals surface area (Å²) in [6.45, 7) is 0.168. The number of hydrogen-bond donors (Lipinski definition) is 2. The number of nitrogens with one attached hydrogen (secondary N) is 1. The predicted molar refractivity (Wildman–Crippen MR) is 59.5 cm³/mol. The molecule has 0 saturated carbocycles. The molecule has 2 rings (SSSR count). The van der Waals surface area contributed by atoms with Crippen molar-refractivity contribution in [3.63, 3.8) is 0 Å². The lowest BCUT2D eigenvalue weighted by Gasteiger charge is -1.98. The Bertz CT molecular complexity index is 439. The molecule has 0 aliphatic rings. The molecule has 0 saturated heterocycles. The average molecular weight is 255 g/mol. The van der Waals surface area contributed by atoms with Gasteiger partial charge in [0.25, 0.3) is 0 Å². The van der Waals surface area contributed by atoms with Gasteiger partial charge < -0.3 is 10.1 Å². The van der Waals surface area contributed by atoms with Crippen LogP contribution in [0.15, 0.2) is 18.5 Å². The van der Waals surface area contributed by atoms with Crippen molar-refractivity contribution in [1.82, 2.24) is 9.97 Å². The van der Waals surface area contributed by atoms with Crippen molar-refractivity contribution in [3.05, 3.63) is 29.6 Å². The lowest BCUT2D eigenvalue weighted by Crippen LogP contribution is -1.91. The fourth-order valence-corrected chi connectivity index (χ4v) is 1.94. The molecule has 0 aliphatic carbocycles. The van der Waals surface area contributed by atoms with Gasteiger partial charge in [0.05, 0.1) is 0 Å². The smallest absolute Gasteiger partial charge is 0.137 e. The summed E-state index contributed by atoms with van der Waals surface area (Å²) in [4.78, 5) is 7.39. The van der Waals surface area contributed by atoms with Crippen LogP contribution in [-0.4, -0.2) is 21.7 Å². The zero-order valence-corrected chi connectivity index (χ0v) is 9.21. The number of aromatic amines is 1. The third-order valence-electron chi connectivity index (χ3n) is 2.22. The molecule has 3 nitrogen and oxygen atoms in total. The van der Waals surface area contributed by atoms with Crippen molar-refractivity contribution in [2.24, 2.45) is 0 Å². The van der Waals surface area contributed by atoms with E-state index in [2.05, 4.69) is 32.0 Å². The highest BCUT2D eigenvalue weighted by atomic mass is 79.9. The number of rotatable bonds is 3. The quantitative estimate of drug-likeness (QED) is 0.824. The molecule has 14 heavy (non-hydrogen) atoms. The Morgan fingerprint density at radius 1 is 1.50 bits per heavy atom. The van der Waals surface area contributed by atoms with E-state index in [1.165, 1.54) is 5.56 Å². The van der Waals surface area contributed by atoms with Crippen LogP contribution in [0, 0.1) is 0 Å². The summed E-state index contributed by atoms with van der Waals surface area (Å²) in [5.74, 6) is 0. The summed E-state index contributed by atoms with van der Waals surface area (Å²) in [6.07, 6.45) is 4.41.